The third kappa shape index (κ3) is 2.29. The first-order valence-corrected chi connectivity index (χ1v) is 5.40. The molecule has 10 heavy (non-hydrogen) atoms. The van der Waals surface area contributed by atoms with Crippen LogP contribution >= 0.6 is 39.9 Å². The Bertz CT molecular complexity index is 165. The first-order chi connectivity index (χ1) is 4.19. The molecular weight excluding hydrogens is 289 g/mol. The van der Waals surface area contributed by atoms with Crippen LogP contribution in [0.4, 0.5) is 0 Å². The Hall–Kier alpha value is 1.07. The molecule has 0 rings (SSSR count). The first kappa shape index (κ1) is 11.1. The van der Waals surface area contributed by atoms with Gasteiger partial charge in [-0.1, -0.05) is 0 Å². The molecule has 4 nitrogen and oxygen atoms in total. The fourth-order valence-corrected chi connectivity index (χ4v) is 1.54. The molecule has 0 fully saturated rings. The quantitative estimate of drug-likeness (QED) is 0.603. The molecule has 7 heteroatoms. The maximum absolute atomic E-state index is 10.7. The smallest absolute Gasteiger partial charge is 0.323 e. The van der Waals surface area contributed by atoms with Gasteiger partial charge < -0.3 is 9.79 Å². The monoisotopic (exact) mass is 295 g/mol. The molecule has 0 amide bonds. The van der Waals surface area contributed by atoms with Gasteiger partial charge in [-0.05, 0) is 13.8 Å². The van der Waals surface area contributed by atoms with Gasteiger partial charge in [-0.25, -0.2) is 0 Å². The second-order valence-electron chi connectivity index (χ2n) is 2.27. The fourth-order valence-electron chi connectivity index (χ4n) is 0.0985. The van der Waals surface area contributed by atoms with Gasteiger partial charge in [0, 0.05) is 32.3 Å². The topological polar surface area (TPSA) is 60.8 Å². The summed E-state index contributed by atoms with van der Waals surface area (Å²) in [6.07, 6.45) is 0. The largest absolute Gasteiger partial charge is 0.346 e. The van der Waals surface area contributed by atoms with E-state index in [9.17, 15) is 4.57 Å². The van der Waals surface area contributed by atoms with E-state index in [1.54, 1.807) is 0 Å². The summed E-state index contributed by atoms with van der Waals surface area (Å²) in [7, 11) is -4.09. The summed E-state index contributed by atoms with van der Waals surface area (Å²) in [6, 6.07) is 0. The second kappa shape index (κ2) is 3.21. The van der Waals surface area contributed by atoms with Crippen LogP contribution in [0.25, 0.3) is 0 Å². The number of halogens is 2. The van der Waals surface area contributed by atoms with E-state index in [1.807, 2.05) is 0 Å². The van der Waals surface area contributed by atoms with Gasteiger partial charge >= 0.3 is 7.60 Å². The molecule has 0 saturated heterocycles. The van der Waals surface area contributed by atoms with Gasteiger partial charge in [-0.3, -0.25) is 4.57 Å². The maximum atomic E-state index is 10.7. The predicted molar refractivity (Wildman–Crippen MR) is 45.8 cm³/mol. The van der Waals surface area contributed by atoms with Crippen LogP contribution in [-0.4, -0.2) is 18.0 Å². The Labute approximate surface area is 76.4 Å². The van der Waals surface area contributed by atoms with Crippen molar-refractivity contribution in [1.29, 1.82) is 0 Å². The molecular formula is C3H8Br2NO3P. The van der Waals surface area contributed by atoms with Crippen molar-refractivity contribution in [2.45, 2.75) is 19.1 Å². The van der Waals surface area contributed by atoms with Crippen molar-refractivity contribution in [1.82, 2.24) is 2.95 Å². The number of rotatable bonds is 2. The minimum atomic E-state index is -4.09. The Morgan fingerprint density at radius 2 is 1.70 bits per heavy atom. The van der Waals surface area contributed by atoms with Crippen LogP contribution in [0.15, 0.2) is 0 Å². The Morgan fingerprint density at radius 3 is 1.70 bits per heavy atom. The average molecular weight is 297 g/mol. The van der Waals surface area contributed by atoms with Gasteiger partial charge in [-0.15, -0.1) is 0 Å². The molecule has 0 unspecified atom stereocenters. The normalized spacial score (nSPS) is 14.3. The molecule has 0 bridgehead atoms. The molecule has 0 aromatic heterocycles. The molecule has 0 aliphatic carbocycles. The van der Waals surface area contributed by atoms with Crippen molar-refractivity contribution in [2.75, 3.05) is 0 Å². The van der Waals surface area contributed by atoms with Gasteiger partial charge in [0.2, 0.25) is 0 Å². The zero-order valence-electron chi connectivity index (χ0n) is 5.45. The van der Waals surface area contributed by atoms with Crippen molar-refractivity contribution >= 4 is 39.9 Å². The number of hydrogen-bond acceptors (Lipinski definition) is 2. The second-order valence-corrected chi connectivity index (χ2v) is 6.82. The van der Waals surface area contributed by atoms with Gasteiger partial charge in [0.05, 0.1) is 0 Å². The molecule has 0 aromatic rings. The zero-order chi connectivity index (χ0) is 8.58. The van der Waals surface area contributed by atoms with E-state index >= 15 is 0 Å². The van der Waals surface area contributed by atoms with E-state index in [2.05, 4.69) is 32.3 Å². The van der Waals surface area contributed by atoms with Crippen molar-refractivity contribution < 1.29 is 14.4 Å². The molecule has 2 N–H and O–H groups in total. The zero-order valence-corrected chi connectivity index (χ0v) is 9.52. The Morgan fingerprint density at radius 1 is 1.40 bits per heavy atom. The van der Waals surface area contributed by atoms with Crippen molar-refractivity contribution in [3.05, 3.63) is 0 Å². The standard InChI is InChI=1S/C3H8Br2NO3P/c1-3(2,6(4)5)10(7,8)9/h1-2H3,(H2,7,8,9). The summed E-state index contributed by atoms with van der Waals surface area (Å²) in [5, 5.41) is -1.23. The van der Waals surface area contributed by atoms with E-state index < -0.39 is 12.9 Å². The van der Waals surface area contributed by atoms with E-state index in [4.69, 9.17) is 9.79 Å². The summed E-state index contributed by atoms with van der Waals surface area (Å²) >= 11 is 5.78. The highest BCUT2D eigenvalue weighted by Crippen LogP contribution is 2.54. The molecule has 0 atom stereocenters. The average Bonchev–Trinajstić information content (AvgIpc) is 1.62. The number of hydrogen-bond donors (Lipinski definition) is 2. The first-order valence-electron chi connectivity index (χ1n) is 2.37. The summed E-state index contributed by atoms with van der Waals surface area (Å²) in [4.78, 5) is 17.5. The molecule has 0 heterocycles. The van der Waals surface area contributed by atoms with Gasteiger partial charge in [-0.2, -0.15) is 2.95 Å². The van der Waals surface area contributed by atoms with Crippen molar-refractivity contribution in [2.24, 2.45) is 0 Å². The van der Waals surface area contributed by atoms with E-state index in [0.717, 1.165) is 2.95 Å². The molecule has 0 radical (unpaired) electrons. The van der Waals surface area contributed by atoms with Gasteiger partial charge in [0.25, 0.3) is 0 Å². The highest BCUT2D eigenvalue weighted by Gasteiger charge is 2.41. The molecule has 0 spiro atoms. The Balaban J connectivity index is 4.58. The molecule has 62 valence electrons. The van der Waals surface area contributed by atoms with Crippen LogP contribution in [0.2, 0.25) is 0 Å². The van der Waals surface area contributed by atoms with Crippen molar-refractivity contribution in [3.8, 4) is 0 Å². The highest BCUT2D eigenvalue weighted by atomic mass is 79.9. The Kier molecular flexibility index (Phi) is 3.55. The lowest BCUT2D eigenvalue weighted by atomic mass is 10.4. The lowest BCUT2D eigenvalue weighted by molar-refractivity contribution is 0.314. The van der Waals surface area contributed by atoms with Crippen molar-refractivity contribution in [3.63, 3.8) is 0 Å². The van der Waals surface area contributed by atoms with Crippen LogP contribution in [0.5, 0.6) is 0 Å². The molecule has 0 saturated carbocycles. The number of nitrogens with zero attached hydrogens (tertiary/aromatic N) is 1. The molecule has 0 aliphatic rings. The highest BCUT2D eigenvalue weighted by molar-refractivity contribution is 9.21. The third-order valence-corrected chi connectivity index (χ3v) is 5.07. The van der Waals surface area contributed by atoms with E-state index in [1.165, 1.54) is 13.8 Å². The minimum absolute atomic E-state index is 1.13. The van der Waals surface area contributed by atoms with E-state index in [0.29, 0.717) is 0 Å². The van der Waals surface area contributed by atoms with E-state index in [-0.39, 0.29) is 0 Å². The molecule has 0 aliphatic heterocycles. The maximum Gasteiger partial charge on any atom is 0.346 e. The summed E-state index contributed by atoms with van der Waals surface area (Å²) in [5.41, 5.74) is 0. The van der Waals surface area contributed by atoms with Crippen LogP contribution in [0, 0.1) is 0 Å². The van der Waals surface area contributed by atoms with Gasteiger partial charge in [0.1, 0.15) is 5.28 Å². The minimum Gasteiger partial charge on any atom is -0.323 e. The lowest BCUT2D eigenvalue weighted by Gasteiger charge is -2.28. The predicted octanol–water partition coefficient (Wildman–Crippen LogP) is 1.82. The third-order valence-electron chi connectivity index (χ3n) is 1.13. The summed E-state index contributed by atoms with van der Waals surface area (Å²) in [5.74, 6) is 0. The van der Waals surface area contributed by atoms with Crippen LogP contribution < -0.4 is 0 Å². The van der Waals surface area contributed by atoms with Crippen LogP contribution in [-0.2, 0) is 4.57 Å². The lowest BCUT2D eigenvalue weighted by Crippen LogP contribution is -2.29. The SMILES string of the molecule is CC(C)(N(Br)Br)P(=O)(O)O. The summed E-state index contributed by atoms with van der Waals surface area (Å²) in [6.45, 7) is 2.83. The summed E-state index contributed by atoms with van der Waals surface area (Å²) < 4.78 is 11.8. The van der Waals surface area contributed by atoms with Crippen LogP contribution in [0.1, 0.15) is 13.8 Å². The van der Waals surface area contributed by atoms with Crippen LogP contribution in [0.3, 0.4) is 0 Å². The fraction of sp³-hybridized carbons (Fsp3) is 1.00. The van der Waals surface area contributed by atoms with Gasteiger partial charge in [0.15, 0.2) is 0 Å². The molecule has 0 aromatic carbocycles.